The fourth-order valence-corrected chi connectivity index (χ4v) is 3.89. The average molecular weight is 530 g/mol. The van der Waals surface area contributed by atoms with Crippen molar-refractivity contribution in [3.05, 3.63) is 71.7 Å². The predicted octanol–water partition coefficient (Wildman–Crippen LogP) is 4.82. The minimum Gasteiger partial charge on any atom is -0.316 e. The van der Waals surface area contributed by atoms with Gasteiger partial charge in [-0.3, -0.25) is 9.97 Å². The van der Waals surface area contributed by atoms with Crippen LogP contribution in [0.1, 0.15) is 16.8 Å². The summed E-state index contributed by atoms with van der Waals surface area (Å²) in [6, 6.07) is 15.7. The molecule has 5 heteroatoms. The Morgan fingerprint density at radius 1 is 0.889 bits per heavy atom. The maximum absolute atomic E-state index is 4.91. The number of hydrogen-bond acceptors (Lipinski definition) is 3. The molecule has 0 bridgehead atoms. The van der Waals surface area contributed by atoms with Gasteiger partial charge in [0.15, 0.2) is 0 Å². The molecule has 135 valence electrons. The molecule has 4 nitrogen and oxygen atoms in total. The normalized spacial score (nSPS) is 11.2. The number of benzene rings is 2. The third-order valence-electron chi connectivity index (χ3n) is 5.00. The first-order valence-corrected chi connectivity index (χ1v) is 8.65. The van der Waals surface area contributed by atoms with Crippen LogP contribution in [-0.2, 0) is 20.1 Å². The van der Waals surface area contributed by atoms with E-state index < -0.39 is 0 Å². The number of aromatic nitrogens is 4. The number of imidazole rings is 1. The number of rotatable bonds is 1. The smallest absolute Gasteiger partial charge is 0.147 e. The number of fused-ring (bicyclic) bond motifs is 6. The molecule has 0 aliphatic heterocycles. The maximum Gasteiger partial charge on any atom is 0.147 e. The van der Waals surface area contributed by atoms with Crippen LogP contribution in [-0.4, -0.2) is 19.4 Å². The van der Waals surface area contributed by atoms with Gasteiger partial charge < -0.3 is 4.40 Å². The van der Waals surface area contributed by atoms with Crippen LogP contribution in [0, 0.1) is 26.8 Å². The van der Waals surface area contributed by atoms with Gasteiger partial charge in [-0.05, 0) is 31.9 Å². The number of pyridine rings is 1. The molecule has 0 amide bonds. The molecule has 5 rings (SSSR count). The molecule has 0 spiro atoms. The number of hydrogen-bond donors (Lipinski definition) is 0. The van der Waals surface area contributed by atoms with Crippen LogP contribution in [0.4, 0.5) is 0 Å². The summed E-state index contributed by atoms with van der Waals surface area (Å²) in [5, 5.41) is 2.00. The van der Waals surface area contributed by atoms with Crippen molar-refractivity contribution < 1.29 is 20.1 Å². The van der Waals surface area contributed by atoms with Gasteiger partial charge in [0.05, 0.1) is 22.6 Å². The van der Waals surface area contributed by atoms with Gasteiger partial charge in [-0.15, -0.1) is 24.3 Å². The zero-order valence-electron chi connectivity index (χ0n) is 15.2. The van der Waals surface area contributed by atoms with E-state index in [1.165, 1.54) is 16.7 Å². The summed E-state index contributed by atoms with van der Waals surface area (Å²) < 4.78 is 2.14. The van der Waals surface area contributed by atoms with Crippen LogP contribution < -0.4 is 0 Å². The minimum absolute atomic E-state index is 0. The van der Waals surface area contributed by atoms with E-state index in [0.717, 1.165) is 39.0 Å². The van der Waals surface area contributed by atoms with Gasteiger partial charge in [0.2, 0.25) is 0 Å². The van der Waals surface area contributed by atoms with E-state index in [0.29, 0.717) is 0 Å². The molecule has 3 aromatic heterocycles. The SMILES string of the molecule is Cc1cccc(C)c1-c1c(C)nc2c3[c-]cccc3c3nccnc3n12.[Ir]. The van der Waals surface area contributed by atoms with Crippen molar-refractivity contribution in [2.75, 3.05) is 0 Å². The molecule has 0 aliphatic carbocycles. The summed E-state index contributed by atoms with van der Waals surface area (Å²) in [7, 11) is 0. The zero-order valence-corrected chi connectivity index (χ0v) is 17.6. The van der Waals surface area contributed by atoms with Gasteiger partial charge in [-0.2, -0.15) is 0 Å². The van der Waals surface area contributed by atoms with Gasteiger partial charge >= 0.3 is 0 Å². The Morgan fingerprint density at radius 3 is 2.41 bits per heavy atom. The summed E-state index contributed by atoms with van der Waals surface area (Å²) in [6.07, 6.45) is 3.48. The van der Waals surface area contributed by atoms with Crippen LogP contribution in [0.25, 0.3) is 38.8 Å². The molecule has 0 fully saturated rings. The average Bonchev–Trinajstić information content (AvgIpc) is 2.99. The molecule has 0 N–H and O–H groups in total. The van der Waals surface area contributed by atoms with Crippen molar-refractivity contribution >= 4 is 27.6 Å². The van der Waals surface area contributed by atoms with Crippen LogP contribution >= 0.6 is 0 Å². The maximum atomic E-state index is 4.91. The quantitative estimate of drug-likeness (QED) is 0.231. The second-order valence-corrected chi connectivity index (χ2v) is 6.66. The Labute approximate surface area is 170 Å². The third kappa shape index (κ3) is 2.50. The Kier molecular flexibility index (Phi) is 4.29. The molecule has 0 saturated carbocycles. The summed E-state index contributed by atoms with van der Waals surface area (Å²) in [4.78, 5) is 14.2. The Morgan fingerprint density at radius 2 is 1.63 bits per heavy atom. The van der Waals surface area contributed by atoms with E-state index in [1.807, 2.05) is 12.1 Å². The van der Waals surface area contributed by atoms with E-state index in [1.54, 1.807) is 12.4 Å². The summed E-state index contributed by atoms with van der Waals surface area (Å²) in [5.74, 6) is 0. The van der Waals surface area contributed by atoms with Crippen LogP contribution in [0.2, 0.25) is 0 Å². The van der Waals surface area contributed by atoms with Crippen molar-refractivity contribution in [1.82, 2.24) is 19.4 Å². The van der Waals surface area contributed by atoms with Crippen molar-refractivity contribution in [3.8, 4) is 11.3 Å². The molecule has 3 heterocycles. The topological polar surface area (TPSA) is 43.1 Å². The van der Waals surface area contributed by atoms with E-state index in [-0.39, 0.29) is 20.1 Å². The van der Waals surface area contributed by atoms with Crippen molar-refractivity contribution in [3.63, 3.8) is 0 Å². The molecule has 2 aromatic carbocycles. The summed E-state index contributed by atoms with van der Waals surface area (Å²) in [6.45, 7) is 6.34. The molecule has 1 radical (unpaired) electrons. The van der Waals surface area contributed by atoms with E-state index >= 15 is 0 Å². The molecule has 0 unspecified atom stereocenters. The van der Waals surface area contributed by atoms with Crippen molar-refractivity contribution in [2.24, 2.45) is 0 Å². The minimum atomic E-state index is 0. The molecule has 0 aliphatic rings. The third-order valence-corrected chi connectivity index (χ3v) is 5.00. The molecular formula is C22H17IrN4-. The van der Waals surface area contributed by atoms with E-state index in [2.05, 4.69) is 65.5 Å². The van der Waals surface area contributed by atoms with Crippen LogP contribution in [0.3, 0.4) is 0 Å². The molecule has 0 atom stereocenters. The zero-order chi connectivity index (χ0) is 17.8. The second kappa shape index (κ2) is 6.52. The largest absolute Gasteiger partial charge is 0.316 e. The van der Waals surface area contributed by atoms with Gasteiger partial charge in [-0.25, -0.2) is 4.98 Å². The standard InChI is InChI=1S/C22H17N4.Ir/c1-13-7-6-8-14(2)18(13)20-15(3)25-21-17-10-5-4-9-16(17)19-22(26(20)21)24-12-11-23-19;/h4-9,11-12H,1-3H3;/q-1;. The van der Waals surface area contributed by atoms with Gasteiger partial charge in [-0.1, -0.05) is 29.0 Å². The first-order valence-electron chi connectivity index (χ1n) is 8.65. The molecule has 0 saturated heterocycles. The fraction of sp³-hybridized carbons (Fsp3) is 0.136. The summed E-state index contributed by atoms with van der Waals surface area (Å²) >= 11 is 0. The van der Waals surface area contributed by atoms with Crippen LogP contribution in [0.5, 0.6) is 0 Å². The van der Waals surface area contributed by atoms with E-state index in [4.69, 9.17) is 4.98 Å². The Hall–Kier alpha value is -2.62. The molecule has 5 aromatic rings. The first kappa shape index (κ1) is 17.8. The number of nitrogens with zero attached hydrogens (tertiary/aromatic N) is 4. The fourth-order valence-electron chi connectivity index (χ4n) is 3.89. The van der Waals surface area contributed by atoms with Gasteiger partial charge in [0.25, 0.3) is 0 Å². The Bertz CT molecular complexity index is 1300. The predicted molar refractivity (Wildman–Crippen MR) is 104 cm³/mol. The van der Waals surface area contributed by atoms with Gasteiger partial charge in [0.1, 0.15) is 5.65 Å². The number of aryl methyl sites for hydroxylation is 3. The monoisotopic (exact) mass is 530 g/mol. The van der Waals surface area contributed by atoms with Crippen LogP contribution in [0.15, 0.2) is 48.8 Å². The van der Waals surface area contributed by atoms with E-state index in [9.17, 15) is 0 Å². The van der Waals surface area contributed by atoms with Crippen molar-refractivity contribution in [2.45, 2.75) is 20.8 Å². The summed E-state index contributed by atoms with van der Waals surface area (Å²) in [5.41, 5.74) is 8.31. The molecular weight excluding hydrogens is 512 g/mol. The second-order valence-electron chi connectivity index (χ2n) is 6.66. The first-order chi connectivity index (χ1) is 12.7. The molecule has 27 heavy (non-hydrogen) atoms. The Balaban J connectivity index is 0.00000180. The van der Waals surface area contributed by atoms with Crippen molar-refractivity contribution in [1.29, 1.82) is 0 Å². The van der Waals surface area contributed by atoms with Gasteiger partial charge in [0, 0.05) is 38.1 Å².